The number of benzene rings is 1. The maximum atomic E-state index is 5.94. The van der Waals surface area contributed by atoms with Crippen LogP contribution in [-0.4, -0.2) is 30.1 Å². The molecule has 138 valence electrons. The smallest absolute Gasteiger partial charge is 0.127 e. The number of nitrogens with zero attached hydrogens (tertiary/aromatic N) is 2. The minimum absolute atomic E-state index is 0.584. The van der Waals surface area contributed by atoms with E-state index in [2.05, 4.69) is 22.0 Å². The predicted octanol–water partition coefficient (Wildman–Crippen LogP) is 4.16. The number of fused-ring (bicyclic) bond motifs is 1. The number of rotatable bonds is 7. The summed E-state index contributed by atoms with van der Waals surface area (Å²) < 4.78 is 16.8. The van der Waals surface area contributed by atoms with Gasteiger partial charge in [0.1, 0.15) is 23.9 Å². The predicted molar refractivity (Wildman–Crippen MR) is 104 cm³/mol. The molecular formula is C22H22N2O3. The van der Waals surface area contributed by atoms with Gasteiger partial charge in [-0.1, -0.05) is 6.07 Å². The number of hydrogen-bond acceptors (Lipinski definition) is 5. The highest BCUT2D eigenvalue weighted by Crippen LogP contribution is 2.30. The standard InChI is InChI=1S/C22H22N2O3/c1-25-20-6-7-22-19(11-20)10-18(16-27-22)14-24(15-21-5-3-9-26-21)13-17-4-2-8-23-12-17/h2-12H,13-16H2,1H3. The highest BCUT2D eigenvalue weighted by Gasteiger charge is 2.16. The zero-order valence-corrected chi connectivity index (χ0v) is 15.3. The Kier molecular flexibility index (Phi) is 5.21. The van der Waals surface area contributed by atoms with Crippen LogP contribution in [-0.2, 0) is 13.1 Å². The molecular weight excluding hydrogens is 340 g/mol. The summed E-state index contributed by atoms with van der Waals surface area (Å²) in [6, 6.07) is 13.9. The number of methoxy groups -OCH3 is 1. The van der Waals surface area contributed by atoms with Crippen LogP contribution in [0.5, 0.6) is 11.5 Å². The minimum atomic E-state index is 0.584. The highest BCUT2D eigenvalue weighted by atomic mass is 16.5. The Balaban J connectivity index is 1.54. The van der Waals surface area contributed by atoms with Crippen LogP contribution in [0.3, 0.4) is 0 Å². The van der Waals surface area contributed by atoms with Gasteiger partial charge in [0.25, 0.3) is 0 Å². The molecule has 0 unspecified atom stereocenters. The van der Waals surface area contributed by atoms with Gasteiger partial charge in [-0.3, -0.25) is 9.88 Å². The Bertz CT molecular complexity index is 905. The molecule has 0 atom stereocenters. The summed E-state index contributed by atoms with van der Waals surface area (Å²) in [6.45, 7) is 2.88. The van der Waals surface area contributed by atoms with Crippen molar-refractivity contribution in [2.24, 2.45) is 0 Å². The third-order valence-corrected chi connectivity index (χ3v) is 4.50. The second kappa shape index (κ2) is 8.10. The third-order valence-electron chi connectivity index (χ3n) is 4.50. The molecule has 0 bridgehead atoms. The van der Waals surface area contributed by atoms with Crippen molar-refractivity contribution in [1.29, 1.82) is 0 Å². The van der Waals surface area contributed by atoms with Crippen LogP contribution in [0.25, 0.3) is 6.08 Å². The van der Waals surface area contributed by atoms with Gasteiger partial charge in [0.2, 0.25) is 0 Å². The Labute approximate surface area is 158 Å². The molecule has 5 nitrogen and oxygen atoms in total. The Morgan fingerprint density at radius 3 is 2.85 bits per heavy atom. The number of ether oxygens (including phenoxy) is 2. The molecule has 0 aliphatic carbocycles. The fraction of sp³-hybridized carbons (Fsp3) is 0.227. The van der Waals surface area contributed by atoms with Crippen LogP contribution in [0.4, 0.5) is 0 Å². The summed E-state index contributed by atoms with van der Waals surface area (Å²) >= 11 is 0. The minimum Gasteiger partial charge on any atom is -0.497 e. The summed E-state index contributed by atoms with van der Waals surface area (Å²) in [5, 5.41) is 0. The molecule has 1 aliphatic rings. The maximum absolute atomic E-state index is 5.94. The van der Waals surface area contributed by atoms with Crippen molar-refractivity contribution < 1.29 is 13.9 Å². The van der Waals surface area contributed by atoms with Crippen molar-refractivity contribution in [3.05, 3.63) is 83.6 Å². The summed E-state index contributed by atoms with van der Waals surface area (Å²) in [7, 11) is 1.68. The molecule has 2 aromatic heterocycles. The number of furan rings is 1. The van der Waals surface area contributed by atoms with Gasteiger partial charge >= 0.3 is 0 Å². The molecule has 0 fully saturated rings. The first-order chi connectivity index (χ1) is 13.3. The number of pyridine rings is 1. The highest BCUT2D eigenvalue weighted by molar-refractivity contribution is 5.64. The molecule has 0 radical (unpaired) electrons. The molecule has 1 aliphatic heterocycles. The Hall–Kier alpha value is -3.05. The van der Waals surface area contributed by atoms with E-state index in [1.165, 1.54) is 11.1 Å². The van der Waals surface area contributed by atoms with Crippen LogP contribution in [0.2, 0.25) is 0 Å². The van der Waals surface area contributed by atoms with Gasteiger partial charge in [-0.05, 0) is 53.6 Å². The van der Waals surface area contributed by atoms with Crippen molar-refractivity contribution >= 4 is 6.08 Å². The molecule has 4 rings (SSSR count). The average molecular weight is 362 g/mol. The zero-order chi connectivity index (χ0) is 18.5. The van der Waals surface area contributed by atoms with E-state index in [9.17, 15) is 0 Å². The maximum Gasteiger partial charge on any atom is 0.127 e. The molecule has 3 heterocycles. The summed E-state index contributed by atoms with van der Waals surface area (Å²) in [6.07, 6.45) is 7.60. The van der Waals surface area contributed by atoms with E-state index >= 15 is 0 Å². The van der Waals surface area contributed by atoms with Gasteiger partial charge < -0.3 is 13.9 Å². The normalized spacial score (nSPS) is 13.0. The third kappa shape index (κ3) is 4.38. The van der Waals surface area contributed by atoms with Gasteiger partial charge in [-0.2, -0.15) is 0 Å². The van der Waals surface area contributed by atoms with E-state index in [-0.39, 0.29) is 0 Å². The van der Waals surface area contributed by atoms with E-state index in [4.69, 9.17) is 13.9 Å². The Morgan fingerprint density at radius 1 is 1.11 bits per heavy atom. The first-order valence-electron chi connectivity index (χ1n) is 8.94. The zero-order valence-electron chi connectivity index (χ0n) is 15.3. The topological polar surface area (TPSA) is 47.7 Å². The fourth-order valence-corrected chi connectivity index (χ4v) is 3.25. The summed E-state index contributed by atoms with van der Waals surface area (Å²) in [5.41, 5.74) is 3.43. The molecule has 1 aromatic carbocycles. The van der Waals surface area contributed by atoms with Crippen LogP contribution in [0, 0.1) is 0 Å². The molecule has 0 N–H and O–H groups in total. The van der Waals surface area contributed by atoms with Crippen LogP contribution < -0.4 is 9.47 Å². The van der Waals surface area contributed by atoms with Crippen molar-refractivity contribution in [2.45, 2.75) is 13.1 Å². The van der Waals surface area contributed by atoms with E-state index < -0.39 is 0 Å². The van der Waals surface area contributed by atoms with Gasteiger partial charge in [0.05, 0.1) is 19.9 Å². The lowest BCUT2D eigenvalue weighted by Crippen LogP contribution is -2.27. The molecule has 0 amide bonds. The van der Waals surface area contributed by atoms with Gasteiger partial charge in [-0.15, -0.1) is 0 Å². The van der Waals surface area contributed by atoms with E-state index in [1.54, 1.807) is 19.6 Å². The Morgan fingerprint density at radius 2 is 2.07 bits per heavy atom. The van der Waals surface area contributed by atoms with Crippen molar-refractivity contribution in [1.82, 2.24) is 9.88 Å². The SMILES string of the molecule is COc1ccc2c(c1)C=C(CN(Cc1cccnc1)Cc1ccco1)CO2. The monoisotopic (exact) mass is 362 g/mol. The molecule has 0 saturated heterocycles. The summed E-state index contributed by atoms with van der Waals surface area (Å²) in [5.74, 6) is 2.67. The summed E-state index contributed by atoms with van der Waals surface area (Å²) in [4.78, 5) is 6.56. The second-order valence-electron chi connectivity index (χ2n) is 6.58. The molecule has 0 spiro atoms. The fourth-order valence-electron chi connectivity index (χ4n) is 3.25. The second-order valence-corrected chi connectivity index (χ2v) is 6.58. The quantitative estimate of drug-likeness (QED) is 0.632. The number of aromatic nitrogens is 1. The molecule has 27 heavy (non-hydrogen) atoms. The van der Waals surface area contributed by atoms with Gasteiger partial charge in [-0.25, -0.2) is 0 Å². The lowest BCUT2D eigenvalue weighted by Gasteiger charge is -2.25. The first kappa shape index (κ1) is 17.4. The van der Waals surface area contributed by atoms with E-state index in [0.717, 1.165) is 42.5 Å². The molecule has 3 aromatic rings. The van der Waals surface area contributed by atoms with Crippen molar-refractivity contribution in [3.63, 3.8) is 0 Å². The number of hydrogen-bond donors (Lipinski definition) is 0. The largest absolute Gasteiger partial charge is 0.497 e. The van der Waals surface area contributed by atoms with Crippen molar-refractivity contribution in [2.75, 3.05) is 20.3 Å². The van der Waals surface area contributed by atoms with Gasteiger partial charge in [0.15, 0.2) is 0 Å². The van der Waals surface area contributed by atoms with E-state index in [0.29, 0.717) is 6.61 Å². The van der Waals surface area contributed by atoms with Crippen LogP contribution in [0.1, 0.15) is 16.9 Å². The molecule has 0 saturated carbocycles. The average Bonchev–Trinajstić information content (AvgIpc) is 3.21. The lowest BCUT2D eigenvalue weighted by molar-refractivity contribution is 0.240. The van der Waals surface area contributed by atoms with Crippen molar-refractivity contribution in [3.8, 4) is 11.5 Å². The van der Waals surface area contributed by atoms with Crippen LogP contribution >= 0.6 is 0 Å². The van der Waals surface area contributed by atoms with E-state index in [1.807, 2.05) is 42.6 Å². The van der Waals surface area contributed by atoms with Gasteiger partial charge in [0, 0.05) is 31.0 Å². The first-order valence-corrected chi connectivity index (χ1v) is 8.94. The molecule has 5 heteroatoms. The lowest BCUT2D eigenvalue weighted by atomic mass is 10.1. The van der Waals surface area contributed by atoms with Crippen LogP contribution in [0.15, 0.2) is 71.1 Å².